The number of carbonyl (C=O) groups is 2. The third kappa shape index (κ3) is 8.70. The van der Waals surface area contributed by atoms with Gasteiger partial charge in [-0.05, 0) is 86.1 Å². The van der Waals surface area contributed by atoms with Crippen LogP contribution in [0.1, 0.15) is 67.2 Å². The average molecular weight is 426 g/mol. The first-order chi connectivity index (χ1) is 13.8. The Morgan fingerprint density at radius 3 is 1.30 bits per heavy atom. The zero-order valence-electron chi connectivity index (χ0n) is 20.2. The maximum Gasteiger partial charge on any atom is 0.410 e. The molecular formula is C23H43N3O4. The van der Waals surface area contributed by atoms with Gasteiger partial charge in [-0.2, -0.15) is 0 Å². The molecule has 0 aromatic carbocycles. The lowest BCUT2D eigenvalue weighted by Gasteiger charge is -2.37. The van der Waals surface area contributed by atoms with Crippen molar-refractivity contribution in [1.82, 2.24) is 14.7 Å². The molecule has 0 saturated carbocycles. The van der Waals surface area contributed by atoms with Crippen molar-refractivity contribution >= 4 is 12.2 Å². The Hall–Kier alpha value is -1.50. The Balaban J connectivity index is 1.66. The molecule has 2 aliphatic rings. The van der Waals surface area contributed by atoms with E-state index in [-0.39, 0.29) is 12.2 Å². The summed E-state index contributed by atoms with van der Waals surface area (Å²) in [6.45, 7) is 16.7. The molecule has 2 amide bonds. The standard InChI is InChI=1S/C23H43N3O4/c1-22(2,3)29-20(27)25-12-8-18(9-13-25)16-24(7)17-19-10-14-26(15-11-19)21(28)30-23(4,5)6/h18-19H,8-17H2,1-7H3. The molecule has 2 saturated heterocycles. The van der Waals surface area contributed by atoms with Gasteiger partial charge in [-0.25, -0.2) is 9.59 Å². The highest BCUT2D eigenvalue weighted by Crippen LogP contribution is 2.23. The number of piperidine rings is 2. The van der Waals surface area contributed by atoms with E-state index in [9.17, 15) is 9.59 Å². The van der Waals surface area contributed by atoms with Crippen molar-refractivity contribution in [2.75, 3.05) is 46.3 Å². The molecule has 0 bridgehead atoms. The van der Waals surface area contributed by atoms with Crippen LogP contribution >= 0.6 is 0 Å². The van der Waals surface area contributed by atoms with Crippen LogP contribution in [0.2, 0.25) is 0 Å². The summed E-state index contributed by atoms with van der Waals surface area (Å²) in [7, 11) is 2.19. The van der Waals surface area contributed by atoms with E-state index in [0.717, 1.165) is 65.0 Å². The van der Waals surface area contributed by atoms with Crippen LogP contribution in [-0.2, 0) is 9.47 Å². The number of hydrogen-bond donors (Lipinski definition) is 0. The number of amides is 2. The summed E-state index contributed by atoms with van der Waals surface area (Å²) in [5, 5.41) is 0. The minimum absolute atomic E-state index is 0.189. The van der Waals surface area contributed by atoms with Gasteiger partial charge in [0.05, 0.1) is 0 Å². The summed E-state index contributed by atoms with van der Waals surface area (Å²) >= 11 is 0. The number of nitrogens with zero attached hydrogens (tertiary/aromatic N) is 3. The maximum atomic E-state index is 12.2. The van der Waals surface area contributed by atoms with Crippen molar-refractivity contribution in [3.8, 4) is 0 Å². The Morgan fingerprint density at radius 2 is 1.03 bits per heavy atom. The van der Waals surface area contributed by atoms with Gasteiger partial charge >= 0.3 is 12.2 Å². The van der Waals surface area contributed by atoms with E-state index in [4.69, 9.17) is 9.47 Å². The van der Waals surface area contributed by atoms with Gasteiger partial charge in [-0.3, -0.25) is 0 Å². The van der Waals surface area contributed by atoms with Crippen LogP contribution < -0.4 is 0 Å². The molecule has 0 aromatic rings. The minimum Gasteiger partial charge on any atom is -0.444 e. The number of carbonyl (C=O) groups excluding carboxylic acids is 2. The van der Waals surface area contributed by atoms with Crippen LogP contribution in [0.5, 0.6) is 0 Å². The summed E-state index contributed by atoms with van der Waals surface area (Å²) < 4.78 is 11.0. The molecule has 2 aliphatic heterocycles. The number of rotatable bonds is 4. The number of likely N-dealkylation sites (tertiary alicyclic amines) is 2. The highest BCUT2D eigenvalue weighted by molar-refractivity contribution is 5.68. The van der Waals surface area contributed by atoms with Crippen LogP contribution in [0.25, 0.3) is 0 Å². The zero-order valence-corrected chi connectivity index (χ0v) is 20.2. The fourth-order valence-corrected chi connectivity index (χ4v) is 4.21. The molecule has 0 aromatic heterocycles. The van der Waals surface area contributed by atoms with E-state index in [1.54, 1.807) is 0 Å². The first-order valence-electron chi connectivity index (χ1n) is 11.5. The van der Waals surface area contributed by atoms with E-state index in [1.165, 1.54) is 0 Å². The summed E-state index contributed by atoms with van der Waals surface area (Å²) in [4.78, 5) is 30.5. The van der Waals surface area contributed by atoms with Crippen LogP contribution in [-0.4, -0.2) is 84.4 Å². The largest absolute Gasteiger partial charge is 0.444 e. The monoisotopic (exact) mass is 425 g/mol. The molecule has 0 atom stereocenters. The van der Waals surface area contributed by atoms with Crippen molar-refractivity contribution in [2.24, 2.45) is 11.8 Å². The molecule has 0 aliphatic carbocycles. The van der Waals surface area contributed by atoms with Crippen LogP contribution in [0.4, 0.5) is 9.59 Å². The third-order valence-electron chi connectivity index (χ3n) is 5.67. The van der Waals surface area contributed by atoms with Gasteiger partial charge in [0.1, 0.15) is 11.2 Å². The molecule has 174 valence electrons. The predicted octanol–water partition coefficient (Wildman–Crippen LogP) is 4.21. The maximum absolute atomic E-state index is 12.2. The van der Waals surface area contributed by atoms with Crippen molar-refractivity contribution in [3.05, 3.63) is 0 Å². The normalized spacial score (nSPS) is 19.9. The first-order valence-corrected chi connectivity index (χ1v) is 11.5. The second-order valence-electron chi connectivity index (χ2n) is 11.0. The van der Waals surface area contributed by atoms with E-state index >= 15 is 0 Å². The number of hydrogen-bond acceptors (Lipinski definition) is 5. The predicted molar refractivity (Wildman–Crippen MR) is 119 cm³/mol. The van der Waals surface area contributed by atoms with Crippen LogP contribution in [0.15, 0.2) is 0 Å². The van der Waals surface area contributed by atoms with Gasteiger partial charge in [0.2, 0.25) is 0 Å². The fourth-order valence-electron chi connectivity index (χ4n) is 4.21. The smallest absolute Gasteiger partial charge is 0.410 e. The quantitative estimate of drug-likeness (QED) is 0.675. The van der Waals surface area contributed by atoms with Gasteiger partial charge in [0.25, 0.3) is 0 Å². The number of ether oxygens (including phenoxy) is 2. The summed E-state index contributed by atoms with van der Waals surface area (Å²) in [5.74, 6) is 1.24. The van der Waals surface area contributed by atoms with E-state index in [0.29, 0.717) is 11.8 Å². The average Bonchev–Trinajstić information content (AvgIpc) is 2.60. The van der Waals surface area contributed by atoms with Crippen LogP contribution in [0.3, 0.4) is 0 Å². The lowest BCUT2D eigenvalue weighted by atomic mass is 9.94. The highest BCUT2D eigenvalue weighted by atomic mass is 16.6. The topological polar surface area (TPSA) is 62.3 Å². The van der Waals surface area contributed by atoms with E-state index < -0.39 is 11.2 Å². The third-order valence-corrected chi connectivity index (χ3v) is 5.67. The lowest BCUT2D eigenvalue weighted by Crippen LogP contribution is -2.45. The SMILES string of the molecule is CN(CC1CCN(C(=O)OC(C)(C)C)CC1)CC1CCN(C(=O)OC(C)(C)C)CC1. The van der Waals surface area contributed by atoms with Gasteiger partial charge in [0.15, 0.2) is 0 Å². The molecule has 2 heterocycles. The molecule has 7 nitrogen and oxygen atoms in total. The second-order valence-corrected chi connectivity index (χ2v) is 11.0. The Labute approximate surface area is 183 Å². The minimum atomic E-state index is -0.437. The molecule has 0 spiro atoms. The van der Waals surface area contributed by atoms with Gasteiger partial charge in [-0.1, -0.05) is 0 Å². The molecule has 0 radical (unpaired) electrons. The van der Waals surface area contributed by atoms with Crippen molar-refractivity contribution in [2.45, 2.75) is 78.4 Å². The molecule has 0 N–H and O–H groups in total. The van der Waals surface area contributed by atoms with Crippen molar-refractivity contribution < 1.29 is 19.1 Å². The van der Waals surface area contributed by atoms with E-state index in [1.807, 2.05) is 51.3 Å². The van der Waals surface area contributed by atoms with E-state index in [2.05, 4.69) is 11.9 Å². The summed E-state index contributed by atoms with van der Waals surface area (Å²) in [5.41, 5.74) is -0.875. The molecule has 7 heteroatoms. The van der Waals surface area contributed by atoms with Gasteiger partial charge in [-0.15, -0.1) is 0 Å². The second kappa shape index (κ2) is 10.2. The molecule has 30 heavy (non-hydrogen) atoms. The summed E-state index contributed by atoms with van der Waals surface area (Å²) in [6.07, 6.45) is 3.74. The van der Waals surface area contributed by atoms with Crippen LogP contribution in [0, 0.1) is 11.8 Å². The Morgan fingerprint density at radius 1 is 0.733 bits per heavy atom. The fraction of sp³-hybridized carbons (Fsp3) is 0.913. The summed E-state index contributed by atoms with van der Waals surface area (Å²) in [6, 6.07) is 0. The molecule has 2 fully saturated rings. The Kier molecular flexibility index (Phi) is 8.43. The lowest BCUT2D eigenvalue weighted by molar-refractivity contribution is 0.0159. The molecule has 0 unspecified atom stereocenters. The van der Waals surface area contributed by atoms with Gasteiger partial charge in [0, 0.05) is 39.3 Å². The molecular weight excluding hydrogens is 382 g/mol. The van der Waals surface area contributed by atoms with Crippen molar-refractivity contribution in [1.29, 1.82) is 0 Å². The highest BCUT2D eigenvalue weighted by Gasteiger charge is 2.29. The Bertz CT molecular complexity index is 516. The first kappa shape index (κ1) is 24.8. The molecule has 2 rings (SSSR count). The van der Waals surface area contributed by atoms with Gasteiger partial charge < -0.3 is 24.2 Å². The van der Waals surface area contributed by atoms with Crippen molar-refractivity contribution in [3.63, 3.8) is 0 Å². The zero-order chi connectivity index (χ0) is 22.5.